The van der Waals surface area contributed by atoms with E-state index in [4.69, 9.17) is 4.74 Å². The summed E-state index contributed by atoms with van der Waals surface area (Å²) in [6.07, 6.45) is 14.9. The second-order valence-corrected chi connectivity index (χ2v) is 22.1. The van der Waals surface area contributed by atoms with Crippen LogP contribution in [0.1, 0.15) is 113 Å². The molecule has 2 atom stereocenters. The minimum Gasteiger partial charge on any atom is -0.445 e. The molecule has 10 amide bonds. The van der Waals surface area contributed by atoms with E-state index in [0.717, 1.165) is 26.6 Å². The first-order valence-corrected chi connectivity index (χ1v) is 29.6. The molecule has 5 aromatic carbocycles. The van der Waals surface area contributed by atoms with Gasteiger partial charge in [-0.15, -0.1) is 0 Å². The summed E-state index contributed by atoms with van der Waals surface area (Å²) in [5.41, 5.74) is 4.07. The Morgan fingerprint density at radius 2 is 1.17 bits per heavy atom. The SMILES string of the molecule is CCC[C@H](NC(=O)[C@@H](NC(=O)CCCCCN1C(=O)C=CC1=O)C(C)C)C(=O)Nc1ccc(COC(=O)N(CCCNCCN2C(=O)c3cccc4c(-n5ccnc5)ccc(c34)C2=O)CCN2C(=O)c3cccc4c(-n5ccnc5)ccc(c34)C2=O)cc1. The molecule has 5 heterocycles. The third-order valence-corrected chi connectivity index (χ3v) is 15.9. The number of aromatic nitrogens is 4. The standard InChI is InChI=1S/C65H68N12O11/c1-4-11-50(70-60(82)58(41(2)3)71-53(78)16-6-5-7-32-75-54(79)25-26-55(75)80)59(81)69-43-19-17-42(18-20-43)38-88-65(87)72(36-37-77-62(84)47-15-9-13-45-52(74-34-29-68-40-74)24-22-49(57(45)47)64(77)86)31-10-27-66-30-35-76-61(83)46-14-8-12-44-51(73-33-28-67-39-73)23-21-48(56(44)46)63(76)85/h8-9,12-15,17-26,28-29,33-34,39-41,50,58,66H,4-7,10-11,16,27,30-32,35-38H2,1-3H3,(H,69,81)(H,70,82)(H,71,78)/t50-,58-/m0/s1. The van der Waals surface area contributed by atoms with Crippen molar-refractivity contribution in [1.82, 2.24) is 54.7 Å². The molecule has 7 aromatic rings. The number of ether oxygens (including phenoxy) is 1. The van der Waals surface area contributed by atoms with Gasteiger partial charge in [-0.3, -0.25) is 57.9 Å². The van der Waals surface area contributed by atoms with Gasteiger partial charge in [0.15, 0.2) is 0 Å². The van der Waals surface area contributed by atoms with Crippen molar-refractivity contribution >= 4 is 86.5 Å². The van der Waals surface area contributed by atoms with Crippen molar-refractivity contribution in [3.8, 4) is 11.4 Å². The van der Waals surface area contributed by atoms with Gasteiger partial charge in [-0.25, -0.2) is 14.8 Å². The Kier molecular flexibility index (Phi) is 19.0. The Morgan fingerprint density at radius 1 is 0.591 bits per heavy atom. The minimum atomic E-state index is -0.928. The van der Waals surface area contributed by atoms with Gasteiger partial charge in [0.05, 0.1) is 24.0 Å². The smallest absolute Gasteiger partial charge is 0.410 e. The van der Waals surface area contributed by atoms with Crippen LogP contribution in [0.2, 0.25) is 0 Å². The van der Waals surface area contributed by atoms with Crippen molar-refractivity contribution in [1.29, 1.82) is 0 Å². The summed E-state index contributed by atoms with van der Waals surface area (Å²) >= 11 is 0. The van der Waals surface area contributed by atoms with E-state index in [1.165, 1.54) is 22.0 Å². The summed E-state index contributed by atoms with van der Waals surface area (Å²) in [6, 6.07) is 22.5. The van der Waals surface area contributed by atoms with E-state index in [-0.39, 0.29) is 75.9 Å². The molecule has 0 saturated heterocycles. The highest BCUT2D eigenvalue weighted by Gasteiger charge is 2.36. The Morgan fingerprint density at radius 3 is 1.73 bits per heavy atom. The lowest BCUT2D eigenvalue weighted by Crippen LogP contribution is -2.54. The molecule has 23 nitrogen and oxygen atoms in total. The summed E-state index contributed by atoms with van der Waals surface area (Å²) in [6.45, 7) is 6.16. The molecule has 0 unspecified atom stereocenters. The summed E-state index contributed by atoms with van der Waals surface area (Å²) in [5, 5.41) is 14.3. The zero-order valence-electron chi connectivity index (χ0n) is 49.1. The summed E-state index contributed by atoms with van der Waals surface area (Å²) < 4.78 is 9.49. The van der Waals surface area contributed by atoms with Gasteiger partial charge in [-0.05, 0) is 92.2 Å². The van der Waals surface area contributed by atoms with E-state index in [0.29, 0.717) is 94.7 Å². The minimum absolute atomic E-state index is 0.0725. The van der Waals surface area contributed by atoms with E-state index in [1.807, 2.05) is 34.3 Å². The lowest BCUT2D eigenvalue weighted by atomic mass is 9.93. The zero-order chi connectivity index (χ0) is 62.0. The van der Waals surface area contributed by atoms with E-state index >= 15 is 0 Å². The Hall–Kier alpha value is -10.2. The number of carbonyl (C=O) groups excluding carboxylic acids is 10. The van der Waals surface area contributed by atoms with Crippen LogP contribution in [0.3, 0.4) is 0 Å². The molecule has 0 saturated carbocycles. The van der Waals surface area contributed by atoms with Crippen LogP contribution < -0.4 is 21.3 Å². The third-order valence-electron chi connectivity index (χ3n) is 15.9. The molecule has 0 bridgehead atoms. The van der Waals surface area contributed by atoms with Crippen LogP contribution >= 0.6 is 0 Å². The number of hydrogen-bond donors (Lipinski definition) is 4. The fourth-order valence-electron chi connectivity index (χ4n) is 11.3. The first-order valence-electron chi connectivity index (χ1n) is 29.6. The highest BCUT2D eigenvalue weighted by Crippen LogP contribution is 2.35. The number of nitrogens with one attached hydrogen (secondary N) is 4. The third kappa shape index (κ3) is 13.3. The molecule has 23 heteroatoms. The largest absolute Gasteiger partial charge is 0.445 e. The fourth-order valence-corrected chi connectivity index (χ4v) is 11.3. The number of benzene rings is 5. The van der Waals surface area contributed by atoms with Crippen molar-refractivity contribution < 1.29 is 52.7 Å². The molecule has 0 fully saturated rings. The molecule has 3 aliphatic rings. The van der Waals surface area contributed by atoms with Gasteiger partial charge < -0.3 is 40.0 Å². The number of anilines is 1. The molecule has 0 aliphatic carbocycles. The molecular weight excluding hydrogens is 1120 g/mol. The number of imidazole rings is 2. The van der Waals surface area contributed by atoms with Gasteiger partial charge in [0.25, 0.3) is 35.4 Å². The monoisotopic (exact) mass is 1190 g/mol. The Balaban J connectivity index is 0.744. The van der Waals surface area contributed by atoms with E-state index in [1.54, 1.807) is 118 Å². The molecule has 10 rings (SSSR count). The van der Waals surface area contributed by atoms with Gasteiger partial charge in [-0.1, -0.05) is 70.0 Å². The maximum atomic E-state index is 14.2. The molecule has 3 aliphatic heterocycles. The summed E-state index contributed by atoms with van der Waals surface area (Å²) in [4.78, 5) is 147. The summed E-state index contributed by atoms with van der Waals surface area (Å²) in [5.74, 6) is -4.15. The van der Waals surface area contributed by atoms with Crippen LogP contribution in [0, 0.1) is 5.92 Å². The van der Waals surface area contributed by atoms with Crippen LogP contribution in [0.25, 0.3) is 32.9 Å². The second-order valence-electron chi connectivity index (χ2n) is 22.1. The number of rotatable bonds is 28. The number of nitrogens with zero attached hydrogens (tertiary/aromatic N) is 8. The topological polar surface area (TPSA) is 277 Å². The van der Waals surface area contributed by atoms with Crippen LogP contribution in [-0.4, -0.2) is 156 Å². The van der Waals surface area contributed by atoms with E-state index in [2.05, 4.69) is 31.2 Å². The molecule has 0 radical (unpaired) electrons. The van der Waals surface area contributed by atoms with Crippen LogP contribution in [0.4, 0.5) is 10.5 Å². The Bertz CT molecular complexity index is 3800. The maximum absolute atomic E-state index is 14.2. The van der Waals surface area contributed by atoms with Crippen molar-refractivity contribution in [3.05, 3.63) is 162 Å². The zero-order valence-corrected chi connectivity index (χ0v) is 49.1. The lowest BCUT2D eigenvalue weighted by Gasteiger charge is -2.30. The number of amides is 10. The average molecular weight is 1190 g/mol. The van der Waals surface area contributed by atoms with Crippen LogP contribution in [0.5, 0.6) is 0 Å². The fraction of sp³-hybridized carbons (Fsp3) is 0.323. The van der Waals surface area contributed by atoms with Crippen molar-refractivity contribution in [3.63, 3.8) is 0 Å². The predicted octanol–water partition coefficient (Wildman–Crippen LogP) is 6.72. The molecule has 0 spiro atoms. The molecule has 88 heavy (non-hydrogen) atoms. The molecular formula is C65H68N12O11. The first-order chi connectivity index (χ1) is 42.6. The van der Waals surface area contributed by atoms with Gasteiger partial charge >= 0.3 is 6.09 Å². The number of carbonyl (C=O) groups is 10. The molecule has 4 N–H and O–H groups in total. The number of imide groups is 3. The van der Waals surface area contributed by atoms with Gasteiger partial charge in [-0.2, -0.15) is 0 Å². The van der Waals surface area contributed by atoms with Crippen LogP contribution in [0.15, 0.2) is 135 Å². The average Bonchev–Trinajstić information content (AvgIpc) is 0.855. The van der Waals surface area contributed by atoms with Crippen molar-refractivity contribution in [2.45, 2.75) is 84.4 Å². The highest BCUT2D eigenvalue weighted by molar-refractivity contribution is 6.27. The van der Waals surface area contributed by atoms with E-state index < -0.39 is 53.6 Å². The number of unbranched alkanes of at least 4 members (excludes halogenated alkanes) is 2. The second kappa shape index (κ2) is 27.5. The maximum Gasteiger partial charge on any atom is 0.410 e. The highest BCUT2D eigenvalue weighted by atomic mass is 16.6. The van der Waals surface area contributed by atoms with Crippen LogP contribution in [-0.2, 0) is 35.3 Å². The first kappa shape index (κ1) is 60.9. The quantitative estimate of drug-likeness (QED) is 0.0293. The Labute approximate surface area is 507 Å². The lowest BCUT2D eigenvalue weighted by molar-refractivity contribution is -0.137. The van der Waals surface area contributed by atoms with Crippen molar-refractivity contribution in [2.24, 2.45) is 5.92 Å². The van der Waals surface area contributed by atoms with Gasteiger partial charge in [0, 0.05) is 132 Å². The number of hydrogen-bond acceptors (Lipinski definition) is 14. The van der Waals surface area contributed by atoms with Gasteiger partial charge in [0.1, 0.15) is 18.7 Å². The van der Waals surface area contributed by atoms with Gasteiger partial charge in [0.2, 0.25) is 17.7 Å². The molecule has 2 aromatic heterocycles. The predicted molar refractivity (Wildman–Crippen MR) is 325 cm³/mol. The molecule has 454 valence electrons. The van der Waals surface area contributed by atoms with Crippen molar-refractivity contribution in [2.75, 3.05) is 51.1 Å². The normalized spacial score (nSPS) is 14.3. The summed E-state index contributed by atoms with van der Waals surface area (Å²) in [7, 11) is 0. The van der Waals surface area contributed by atoms with E-state index in [9.17, 15) is 47.9 Å².